The van der Waals surface area contributed by atoms with Crippen molar-refractivity contribution < 1.29 is 14.3 Å². The van der Waals surface area contributed by atoms with Gasteiger partial charge in [0.2, 0.25) is 11.8 Å². The lowest BCUT2D eigenvalue weighted by atomic mass is 10.1. The predicted octanol–water partition coefficient (Wildman–Crippen LogP) is 0.997. The van der Waals surface area contributed by atoms with Gasteiger partial charge < -0.3 is 14.5 Å². The van der Waals surface area contributed by atoms with Crippen molar-refractivity contribution in [2.24, 2.45) is 0 Å². The van der Waals surface area contributed by atoms with E-state index in [1.807, 2.05) is 37.3 Å². The standard InChI is InChI=1S/C18H27N3O3/c1-15(16-7-5-4-6-8-16)20(3)17(22)13-19(2)14-18(23)21-9-11-24-12-10-21/h4-8,15H,9-14H2,1-3H3. The van der Waals surface area contributed by atoms with Crippen molar-refractivity contribution in [2.45, 2.75) is 13.0 Å². The van der Waals surface area contributed by atoms with Crippen LogP contribution in [0.15, 0.2) is 30.3 Å². The summed E-state index contributed by atoms with van der Waals surface area (Å²) in [5.41, 5.74) is 1.10. The van der Waals surface area contributed by atoms with Crippen molar-refractivity contribution >= 4 is 11.8 Å². The van der Waals surface area contributed by atoms with Crippen molar-refractivity contribution in [2.75, 3.05) is 53.5 Å². The maximum absolute atomic E-state index is 12.5. The Kier molecular flexibility index (Phi) is 6.75. The molecule has 1 atom stereocenters. The average Bonchev–Trinajstić information content (AvgIpc) is 2.61. The summed E-state index contributed by atoms with van der Waals surface area (Å²) in [6.45, 7) is 4.92. The Morgan fingerprint density at radius 1 is 1.12 bits per heavy atom. The number of nitrogens with zero attached hydrogens (tertiary/aromatic N) is 3. The highest BCUT2D eigenvalue weighted by molar-refractivity contribution is 5.81. The van der Waals surface area contributed by atoms with E-state index in [9.17, 15) is 9.59 Å². The summed E-state index contributed by atoms with van der Waals surface area (Å²) in [7, 11) is 3.61. The Morgan fingerprint density at radius 3 is 2.38 bits per heavy atom. The van der Waals surface area contributed by atoms with E-state index < -0.39 is 0 Å². The van der Waals surface area contributed by atoms with Gasteiger partial charge in [0.05, 0.1) is 32.3 Å². The van der Waals surface area contributed by atoms with E-state index in [4.69, 9.17) is 4.74 Å². The first kappa shape index (κ1) is 18.4. The Balaban J connectivity index is 1.83. The highest BCUT2D eigenvalue weighted by atomic mass is 16.5. The third kappa shape index (κ3) is 5.04. The summed E-state index contributed by atoms with van der Waals surface area (Å²) in [5.74, 6) is 0.0518. The fourth-order valence-corrected chi connectivity index (χ4v) is 2.71. The number of ether oxygens (including phenoxy) is 1. The number of hydrogen-bond donors (Lipinski definition) is 0. The first-order valence-electron chi connectivity index (χ1n) is 8.33. The zero-order chi connectivity index (χ0) is 17.5. The number of rotatable bonds is 6. The summed E-state index contributed by atoms with van der Waals surface area (Å²) in [5, 5.41) is 0. The van der Waals surface area contributed by atoms with Crippen LogP contribution in [0, 0.1) is 0 Å². The summed E-state index contributed by atoms with van der Waals surface area (Å²) < 4.78 is 5.25. The van der Waals surface area contributed by atoms with Gasteiger partial charge in [-0.25, -0.2) is 0 Å². The third-order valence-electron chi connectivity index (χ3n) is 4.43. The number of benzene rings is 1. The molecule has 1 unspecified atom stereocenters. The van der Waals surface area contributed by atoms with E-state index in [2.05, 4.69) is 0 Å². The van der Waals surface area contributed by atoms with Crippen molar-refractivity contribution in [3.05, 3.63) is 35.9 Å². The molecule has 1 saturated heterocycles. The van der Waals surface area contributed by atoms with Crippen LogP contribution in [0.2, 0.25) is 0 Å². The van der Waals surface area contributed by atoms with E-state index in [1.165, 1.54) is 0 Å². The van der Waals surface area contributed by atoms with Crippen LogP contribution in [0.1, 0.15) is 18.5 Å². The molecule has 0 bridgehead atoms. The van der Waals surface area contributed by atoms with Gasteiger partial charge in [0.25, 0.3) is 0 Å². The molecule has 6 nitrogen and oxygen atoms in total. The molecule has 0 aliphatic carbocycles. The van der Waals surface area contributed by atoms with Crippen LogP contribution in [-0.2, 0) is 14.3 Å². The van der Waals surface area contributed by atoms with Gasteiger partial charge in [-0.05, 0) is 19.5 Å². The molecule has 24 heavy (non-hydrogen) atoms. The topological polar surface area (TPSA) is 53.1 Å². The van der Waals surface area contributed by atoms with Crippen LogP contribution >= 0.6 is 0 Å². The average molecular weight is 333 g/mol. The van der Waals surface area contributed by atoms with Crippen LogP contribution in [0.25, 0.3) is 0 Å². The molecule has 1 aliphatic heterocycles. The molecule has 1 fully saturated rings. The summed E-state index contributed by atoms with van der Waals surface area (Å²) in [6.07, 6.45) is 0. The van der Waals surface area contributed by atoms with E-state index in [0.717, 1.165) is 5.56 Å². The minimum atomic E-state index is 0.00189. The van der Waals surface area contributed by atoms with Gasteiger partial charge in [0.15, 0.2) is 0 Å². The molecule has 2 rings (SSSR count). The smallest absolute Gasteiger partial charge is 0.236 e. The zero-order valence-electron chi connectivity index (χ0n) is 14.8. The lowest BCUT2D eigenvalue weighted by Crippen LogP contribution is -2.47. The zero-order valence-corrected chi connectivity index (χ0v) is 14.8. The number of morpholine rings is 1. The third-order valence-corrected chi connectivity index (χ3v) is 4.43. The van der Waals surface area contributed by atoms with E-state index in [-0.39, 0.29) is 30.9 Å². The maximum atomic E-state index is 12.5. The molecule has 2 amide bonds. The van der Waals surface area contributed by atoms with Gasteiger partial charge in [-0.15, -0.1) is 0 Å². The second-order valence-electron chi connectivity index (χ2n) is 6.26. The van der Waals surface area contributed by atoms with Gasteiger partial charge in [0.1, 0.15) is 0 Å². The number of carbonyl (C=O) groups is 2. The van der Waals surface area contributed by atoms with Gasteiger partial charge >= 0.3 is 0 Å². The van der Waals surface area contributed by atoms with E-state index >= 15 is 0 Å². The normalized spacial score (nSPS) is 16.1. The van der Waals surface area contributed by atoms with E-state index in [1.54, 1.807) is 28.8 Å². The van der Waals surface area contributed by atoms with Gasteiger partial charge in [-0.2, -0.15) is 0 Å². The summed E-state index contributed by atoms with van der Waals surface area (Å²) >= 11 is 0. The number of amides is 2. The van der Waals surface area contributed by atoms with Gasteiger partial charge in [0, 0.05) is 20.1 Å². The Bertz CT molecular complexity index is 544. The Morgan fingerprint density at radius 2 is 1.75 bits per heavy atom. The molecule has 0 saturated carbocycles. The van der Waals surface area contributed by atoms with Crippen molar-refractivity contribution in [1.29, 1.82) is 0 Å². The van der Waals surface area contributed by atoms with Crippen LogP contribution in [0.4, 0.5) is 0 Å². The molecule has 0 spiro atoms. The SMILES string of the molecule is CC(c1ccccc1)N(C)C(=O)CN(C)CC(=O)N1CCOCC1. The van der Waals surface area contributed by atoms with Crippen LogP contribution in [0.5, 0.6) is 0 Å². The first-order chi connectivity index (χ1) is 11.5. The summed E-state index contributed by atoms with van der Waals surface area (Å²) in [6, 6.07) is 9.93. The minimum absolute atomic E-state index is 0.00189. The fourth-order valence-electron chi connectivity index (χ4n) is 2.71. The first-order valence-corrected chi connectivity index (χ1v) is 8.33. The largest absolute Gasteiger partial charge is 0.378 e. The number of hydrogen-bond acceptors (Lipinski definition) is 4. The van der Waals surface area contributed by atoms with E-state index in [0.29, 0.717) is 26.3 Å². The predicted molar refractivity (Wildman–Crippen MR) is 92.5 cm³/mol. The number of likely N-dealkylation sites (N-methyl/N-ethyl adjacent to an activating group) is 2. The molecular formula is C18H27N3O3. The lowest BCUT2D eigenvalue weighted by molar-refractivity contribution is -0.138. The maximum Gasteiger partial charge on any atom is 0.236 e. The molecule has 0 N–H and O–H groups in total. The molecule has 1 aliphatic rings. The Hall–Kier alpha value is -1.92. The van der Waals surface area contributed by atoms with Crippen molar-refractivity contribution in [3.63, 3.8) is 0 Å². The van der Waals surface area contributed by atoms with Crippen molar-refractivity contribution in [3.8, 4) is 0 Å². The Labute approximate surface area is 144 Å². The molecule has 132 valence electrons. The van der Waals surface area contributed by atoms with Gasteiger partial charge in [-0.3, -0.25) is 14.5 Å². The molecule has 1 aromatic rings. The van der Waals surface area contributed by atoms with Crippen LogP contribution in [-0.4, -0.2) is 80.0 Å². The van der Waals surface area contributed by atoms with Crippen LogP contribution < -0.4 is 0 Å². The summed E-state index contributed by atoms with van der Waals surface area (Å²) in [4.78, 5) is 30.0. The molecule has 1 heterocycles. The molecule has 6 heteroatoms. The highest BCUT2D eigenvalue weighted by Crippen LogP contribution is 2.18. The molecular weight excluding hydrogens is 306 g/mol. The molecule has 0 aromatic heterocycles. The second kappa shape index (κ2) is 8.80. The fraction of sp³-hybridized carbons (Fsp3) is 0.556. The molecule has 0 radical (unpaired) electrons. The van der Waals surface area contributed by atoms with Crippen LogP contribution in [0.3, 0.4) is 0 Å². The monoisotopic (exact) mass is 333 g/mol. The minimum Gasteiger partial charge on any atom is -0.378 e. The molecule has 1 aromatic carbocycles. The van der Waals surface area contributed by atoms with Crippen molar-refractivity contribution in [1.82, 2.24) is 14.7 Å². The lowest BCUT2D eigenvalue weighted by Gasteiger charge is -2.30. The quantitative estimate of drug-likeness (QED) is 0.779. The highest BCUT2D eigenvalue weighted by Gasteiger charge is 2.22. The second-order valence-corrected chi connectivity index (χ2v) is 6.26. The van der Waals surface area contributed by atoms with Gasteiger partial charge in [-0.1, -0.05) is 30.3 Å². The number of carbonyl (C=O) groups excluding carboxylic acids is 2.